The average Bonchev–Trinajstić information content (AvgIpc) is 1.81. The summed E-state index contributed by atoms with van der Waals surface area (Å²) in [5.74, 6) is -0.304. The summed E-state index contributed by atoms with van der Waals surface area (Å²) in [6, 6.07) is 0. The largest absolute Gasteiger partial charge is 0.462 e. The molecule has 1 rings (SSSR count). The van der Waals surface area contributed by atoms with Crippen LogP contribution >= 0.6 is 0 Å². The van der Waals surface area contributed by atoms with E-state index in [1.807, 2.05) is 6.92 Å². The second-order valence-corrected chi connectivity index (χ2v) is 3.10. The number of ether oxygens (including phenoxy) is 2. The molecule has 1 aliphatic heterocycles. The number of hydrogen-bond acceptors (Lipinski definition) is 4. The van der Waals surface area contributed by atoms with Crippen LogP contribution in [0.4, 0.5) is 0 Å². The van der Waals surface area contributed by atoms with E-state index < -0.39 is 6.29 Å². The minimum absolute atomic E-state index is 0.0434. The SMILES string of the molecule is CC(=O)O[C@H]1CC(O)O[C@@H](C)C1. The normalized spacial score (nSPS) is 36.1. The molecular weight excluding hydrogens is 160 g/mol. The van der Waals surface area contributed by atoms with E-state index >= 15 is 0 Å². The first-order valence-electron chi connectivity index (χ1n) is 4.08. The molecule has 0 spiro atoms. The van der Waals surface area contributed by atoms with Crippen LogP contribution in [0.15, 0.2) is 0 Å². The van der Waals surface area contributed by atoms with E-state index in [4.69, 9.17) is 14.6 Å². The molecule has 0 radical (unpaired) electrons. The Kier molecular flexibility index (Phi) is 3.05. The van der Waals surface area contributed by atoms with Gasteiger partial charge in [0.2, 0.25) is 0 Å². The molecule has 0 aromatic heterocycles. The van der Waals surface area contributed by atoms with Crippen molar-refractivity contribution >= 4 is 5.97 Å². The molecule has 0 aromatic rings. The fraction of sp³-hybridized carbons (Fsp3) is 0.875. The van der Waals surface area contributed by atoms with Crippen LogP contribution in [0.5, 0.6) is 0 Å². The Bertz CT molecular complexity index is 158. The van der Waals surface area contributed by atoms with Crippen molar-refractivity contribution in [2.24, 2.45) is 0 Å². The zero-order valence-electron chi connectivity index (χ0n) is 7.32. The summed E-state index contributed by atoms with van der Waals surface area (Å²) in [7, 11) is 0. The molecule has 0 amide bonds. The van der Waals surface area contributed by atoms with Crippen LogP contribution < -0.4 is 0 Å². The lowest BCUT2D eigenvalue weighted by molar-refractivity contribution is -0.195. The maximum absolute atomic E-state index is 10.6. The summed E-state index contributed by atoms with van der Waals surface area (Å²) in [5, 5.41) is 9.15. The van der Waals surface area contributed by atoms with Gasteiger partial charge in [-0.25, -0.2) is 0 Å². The molecule has 0 saturated carbocycles. The first-order valence-corrected chi connectivity index (χ1v) is 4.08. The number of aliphatic hydroxyl groups excluding tert-OH is 1. The van der Waals surface area contributed by atoms with Crippen LogP contribution in [0.2, 0.25) is 0 Å². The monoisotopic (exact) mass is 174 g/mol. The van der Waals surface area contributed by atoms with E-state index in [2.05, 4.69) is 0 Å². The van der Waals surface area contributed by atoms with Gasteiger partial charge in [0.05, 0.1) is 6.10 Å². The molecular formula is C8H14O4. The molecule has 0 aliphatic carbocycles. The van der Waals surface area contributed by atoms with Gasteiger partial charge in [-0.3, -0.25) is 4.79 Å². The molecule has 70 valence electrons. The quantitative estimate of drug-likeness (QED) is 0.586. The molecule has 1 heterocycles. The van der Waals surface area contributed by atoms with Crippen molar-refractivity contribution in [2.75, 3.05) is 0 Å². The lowest BCUT2D eigenvalue weighted by Gasteiger charge is -2.30. The first-order chi connectivity index (χ1) is 5.58. The smallest absolute Gasteiger partial charge is 0.302 e. The lowest BCUT2D eigenvalue weighted by atomic mass is 10.1. The highest BCUT2D eigenvalue weighted by atomic mass is 16.6. The standard InChI is InChI=1S/C8H14O4/c1-5-3-7(12-6(2)9)4-8(10)11-5/h5,7-8,10H,3-4H2,1-2H3/t5-,7+,8?/m0/s1. The van der Waals surface area contributed by atoms with Gasteiger partial charge in [0.25, 0.3) is 0 Å². The van der Waals surface area contributed by atoms with Crippen molar-refractivity contribution in [1.29, 1.82) is 0 Å². The van der Waals surface area contributed by atoms with Crippen LogP contribution in [-0.2, 0) is 14.3 Å². The Morgan fingerprint density at radius 2 is 2.25 bits per heavy atom. The number of rotatable bonds is 1. The maximum Gasteiger partial charge on any atom is 0.302 e. The van der Waals surface area contributed by atoms with Crippen LogP contribution in [0.3, 0.4) is 0 Å². The third-order valence-corrected chi connectivity index (χ3v) is 1.78. The van der Waals surface area contributed by atoms with Crippen molar-refractivity contribution in [3.8, 4) is 0 Å². The van der Waals surface area contributed by atoms with E-state index in [1.165, 1.54) is 6.92 Å². The molecule has 1 unspecified atom stereocenters. The number of aliphatic hydroxyl groups is 1. The highest BCUT2D eigenvalue weighted by Crippen LogP contribution is 2.20. The highest BCUT2D eigenvalue weighted by molar-refractivity contribution is 5.66. The summed E-state index contributed by atoms with van der Waals surface area (Å²) in [6.45, 7) is 3.21. The number of hydrogen-bond donors (Lipinski definition) is 1. The summed E-state index contributed by atoms with van der Waals surface area (Å²) in [6.07, 6.45) is 0.0121. The third kappa shape index (κ3) is 2.79. The van der Waals surface area contributed by atoms with Gasteiger partial charge < -0.3 is 14.6 Å². The molecule has 4 nitrogen and oxygen atoms in total. The number of carbonyl (C=O) groups excluding carboxylic acids is 1. The van der Waals surface area contributed by atoms with Crippen molar-refractivity contribution in [3.05, 3.63) is 0 Å². The molecule has 3 atom stereocenters. The van der Waals surface area contributed by atoms with E-state index in [0.29, 0.717) is 12.8 Å². The number of carbonyl (C=O) groups is 1. The van der Waals surface area contributed by atoms with E-state index in [0.717, 1.165) is 0 Å². The molecule has 0 bridgehead atoms. The fourth-order valence-electron chi connectivity index (χ4n) is 1.40. The second-order valence-electron chi connectivity index (χ2n) is 3.10. The van der Waals surface area contributed by atoms with Crippen molar-refractivity contribution in [1.82, 2.24) is 0 Å². The molecule has 1 fully saturated rings. The van der Waals surface area contributed by atoms with Crippen LogP contribution in [0, 0.1) is 0 Å². The minimum Gasteiger partial charge on any atom is -0.462 e. The van der Waals surface area contributed by atoms with Gasteiger partial charge in [0, 0.05) is 19.8 Å². The first kappa shape index (κ1) is 9.48. The third-order valence-electron chi connectivity index (χ3n) is 1.78. The molecule has 1 aliphatic rings. The Balaban J connectivity index is 2.38. The van der Waals surface area contributed by atoms with Gasteiger partial charge in [-0.15, -0.1) is 0 Å². The summed E-state index contributed by atoms with van der Waals surface area (Å²) in [4.78, 5) is 10.6. The topological polar surface area (TPSA) is 55.8 Å². The highest BCUT2D eigenvalue weighted by Gasteiger charge is 2.27. The minimum atomic E-state index is -0.793. The van der Waals surface area contributed by atoms with E-state index in [-0.39, 0.29) is 18.2 Å². The van der Waals surface area contributed by atoms with E-state index in [9.17, 15) is 4.79 Å². The van der Waals surface area contributed by atoms with Crippen molar-refractivity contribution in [2.45, 2.75) is 45.2 Å². The Morgan fingerprint density at radius 1 is 1.58 bits per heavy atom. The van der Waals surface area contributed by atoms with Crippen LogP contribution in [0.1, 0.15) is 26.7 Å². The Labute approximate surface area is 71.5 Å². The van der Waals surface area contributed by atoms with Crippen molar-refractivity contribution in [3.63, 3.8) is 0 Å². The van der Waals surface area contributed by atoms with Gasteiger partial charge in [-0.2, -0.15) is 0 Å². The number of esters is 1. The zero-order chi connectivity index (χ0) is 9.14. The molecule has 4 heteroatoms. The Morgan fingerprint density at radius 3 is 2.75 bits per heavy atom. The Hall–Kier alpha value is -0.610. The van der Waals surface area contributed by atoms with Gasteiger partial charge in [0.15, 0.2) is 6.29 Å². The average molecular weight is 174 g/mol. The predicted molar refractivity (Wildman–Crippen MR) is 41.3 cm³/mol. The molecule has 0 aromatic carbocycles. The van der Waals surface area contributed by atoms with Crippen LogP contribution in [-0.4, -0.2) is 29.6 Å². The summed E-state index contributed by atoms with van der Waals surface area (Å²) < 4.78 is 10.0. The molecule has 12 heavy (non-hydrogen) atoms. The van der Waals surface area contributed by atoms with Crippen LogP contribution in [0.25, 0.3) is 0 Å². The maximum atomic E-state index is 10.6. The summed E-state index contributed by atoms with van der Waals surface area (Å²) in [5.41, 5.74) is 0. The lowest BCUT2D eigenvalue weighted by Crippen LogP contribution is -2.36. The van der Waals surface area contributed by atoms with E-state index in [1.54, 1.807) is 0 Å². The fourth-order valence-corrected chi connectivity index (χ4v) is 1.40. The van der Waals surface area contributed by atoms with Gasteiger partial charge in [0.1, 0.15) is 6.10 Å². The van der Waals surface area contributed by atoms with Gasteiger partial charge >= 0.3 is 5.97 Å². The molecule has 1 N–H and O–H groups in total. The predicted octanol–water partition coefficient (Wildman–Crippen LogP) is 0.435. The zero-order valence-corrected chi connectivity index (χ0v) is 7.32. The second kappa shape index (κ2) is 3.87. The van der Waals surface area contributed by atoms with Gasteiger partial charge in [-0.1, -0.05) is 0 Å². The van der Waals surface area contributed by atoms with Crippen molar-refractivity contribution < 1.29 is 19.4 Å². The summed E-state index contributed by atoms with van der Waals surface area (Å²) >= 11 is 0. The van der Waals surface area contributed by atoms with Gasteiger partial charge in [-0.05, 0) is 6.92 Å². The molecule has 1 saturated heterocycles.